The Kier molecular flexibility index (Phi) is 5.39. The minimum absolute atomic E-state index is 0.474. The maximum absolute atomic E-state index is 10.4. The third-order valence-corrected chi connectivity index (χ3v) is 1.87. The monoisotopic (exact) mass is 209 g/mol. The molecule has 0 atom stereocenters. The van der Waals surface area contributed by atoms with Crippen molar-refractivity contribution in [2.75, 3.05) is 27.4 Å². The van der Waals surface area contributed by atoms with Crippen LogP contribution in [0.3, 0.4) is 0 Å². The van der Waals surface area contributed by atoms with Gasteiger partial charge in [0.15, 0.2) is 0 Å². The standard InChI is InChI=1S/C7H15NO6/c1-13-7(14-2,8-6(11)12)5(3-9)4-10/h5,8-10H,3-4H2,1-2H3,(H,11,12). The molecule has 0 spiro atoms. The highest BCUT2D eigenvalue weighted by Gasteiger charge is 2.40. The second kappa shape index (κ2) is 5.76. The lowest BCUT2D eigenvalue weighted by atomic mass is 10.1. The highest BCUT2D eigenvalue weighted by Crippen LogP contribution is 2.18. The normalized spacial score (nSPS) is 11.8. The molecule has 7 heteroatoms. The molecule has 0 bridgehead atoms. The van der Waals surface area contributed by atoms with Crippen LogP contribution < -0.4 is 5.32 Å². The Morgan fingerprint density at radius 2 is 1.79 bits per heavy atom. The Hall–Kier alpha value is -0.890. The molecule has 0 aromatic rings. The number of carbonyl (C=O) groups is 1. The first kappa shape index (κ1) is 13.1. The van der Waals surface area contributed by atoms with E-state index in [-0.39, 0.29) is 0 Å². The van der Waals surface area contributed by atoms with E-state index in [0.29, 0.717) is 0 Å². The fourth-order valence-corrected chi connectivity index (χ4v) is 1.07. The zero-order valence-corrected chi connectivity index (χ0v) is 8.06. The lowest BCUT2D eigenvalue weighted by Crippen LogP contribution is -2.58. The topological polar surface area (TPSA) is 108 Å². The van der Waals surface area contributed by atoms with E-state index in [1.54, 1.807) is 0 Å². The number of hydrogen-bond donors (Lipinski definition) is 4. The minimum atomic E-state index is -1.73. The molecule has 4 N–H and O–H groups in total. The molecule has 0 heterocycles. The number of ether oxygens (including phenoxy) is 2. The SMILES string of the molecule is COC(NC(=O)O)(OC)C(CO)CO. The third-order valence-electron chi connectivity index (χ3n) is 1.87. The molecule has 14 heavy (non-hydrogen) atoms. The predicted octanol–water partition coefficient (Wildman–Crippen LogP) is -1.20. The highest BCUT2D eigenvalue weighted by atomic mass is 16.7. The fraction of sp³-hybridized carbons (Fsp3) is 0.857. The van der Waals surface area contributed by atoms with E-state index >= 15 is 0 Å². The van der Waals surface area contributed by atoms with Crippen LogP contribution >= 0.6 is 0 Å². The van der Waals surface area contributed by atoms with Crippen LogP contribution in [0.1, 0.15) is 0 Å². The number of rotatable bonds is 6. The van der Waals surface area contributed by atoms with E-state index in [0.717, 1.165) is 0 Å². The number of carboxylic acid groups (broad SMARTS) is 1. The summed E-state index contributed by atoms with van der Waals surface area (Å²) in [5.41, 5.74) is 0. The van der Waals surface area contributed by atoms with Crippen molar-refractivity contribution in [1.29, 1.82) is 0 Å². The van der Waals surface area contributed by atoms with Crippen LogP contribution in [0.4, 0.5) is 4.79 Å². The number of aliphatic hydroxyl groups excluding tert-OH is 2. The fourth-order valence-electron chi connectivity index (χ4n) is 1.07. The Morgan fingerprint density at radius 3 is 2.00 bits per heavy atom. The van der Waals surface area contributed by atoms with Crippen molar-refractivity contribution in [3.05, 3.63) is 0 Å². The van der Waals surface area contributed by atoms with Crippen LogP contribution in [0.5, 0.6) is 0 Å². The van der Waals surface area contributed by atoms with E-state index in [4.69, 9.17) is 24.8 Å². The van der Waals surface area contributed by atoms with Crippen LogP contribution in [0.25, 0.3) is 0 Å². The molecule has 0 fully saturated rings. The first-order valence-corrected chi connectivity index (χ1v) is 3.89. The summed E-state index contributed by atoms with van der Waals surface area (Å²) < 4.78 is 9.62. The van der Waals surface area contributed by atoms with Gasteiger partial charge >= 0.3 is 6.09 Å². The first-order chi connectivity index (χ1) is 6.56. The van der Waals surface area contributed by atoms with Crippen LogP contribution in [0.2, 0.25) is 0 Å². The molecule has 1 amide bonds. The second-order valence-corrected chi connectivity index (χ2v) is 2.57. The molecule has 0 radical (unpaired) electrons. The van der Waals surface area contributed by atoms with E-state index in [9.17, 15) is 4.79 Å². The Labute approximate surface area is 81.3 Å². The smallest absolute Gasteiger partial charge is 0.408 e. The summed E-state index contributed by atoms with van der Waals surface area (Å²) in [5, 5.41) is 28.2. The van der Waals surface area contributed by atoms with Gasteiger partial charge in [0, 0.05) is 14.2 Å². The Morgan fingerprint density at radius 1 is 1.36 bits per heavy atom. The molecule has 0 saturated heterocycles. The van der Waals surface area contributed by atoms with Crippen molar-refractivity contribution in [2.24, 2.45) is 5.92 Å². The van der Waals surface area contributed by atoms with Crippen LogP contribution in [-0.2, 0) is 9.47 Å². The number of amides is 1. The number of hydrogen-bond acceptors (Lipinski definition) is 5. The molecule has 0 aliphatic heterocycles. The van der Waals surface area contributed by atoms with Gasteiger partial charge < -0.3 is 24.8 Å². The predicted molar refractivity (Wildman–Crippen MR) is 45.6 cm³/mol. The molecule has 0 aliphatic rings. The zero-order valence-electron chi connectivity index (χ0n) is 8.06. The minimum Gasteiger partial charge on any atom is -0.465 e. The molecule has 0 unspecified atom stereocenters. The number of methoxy groups -OCH3 is 2. The summed E-state index contributed by atoms with van der Waals surface area (Å²) in [4.78, 5) is 10.4. The van der Waals surface area contributed by atoms with Gasteiger partial charge in [-0.2, -0.15) is 0 Å². The van der Waals surface area contributed by atoms with Crippen molar-refractivity contribution in [3.63, 3.8) is 0 Å². The van der Waals surface area contributed by atoms with Gasteiger partial charge in [-0.15, -0.1) is 0 Å². The van der Waals surface area contributed by atoms with Gasteiger partial charge in [-0.1, -0.05) is 0 Å². The third kappa shape index (κ3) is 2.81. The van der Waals surface area contributed by atoms with Crippen molar-refractivity contribution in [2.45, 2.75) is 5.91 Å². The van der Waals surface area contributed by atoms with E-state index in [2.05, 4.69) is 0 Å². The van der Waals surface area contributed by atoms with Gasteiger partial charge in [0.25, 0.3) is 5.91 Å². The number of nitrogens with one attached hydrogen (secondary N) is 1. The van der Waals surface area contributed by atoms with E-state index < -0.39 is 31.1 Å². The quantitative estimate of drug-likeness (QED) is 0.409. The Balaban J connectivity index is 4.73. The van der Waals surface area contributed by atoms with Crippen molar-refractivity contribution >= 4 is 6.09 Å². The van der Waals surface area contributed by atoms with E-state index in [1.165, 1.54) is 14.2 Å². The van der Waals surface area contributed by atoms with Crippen molar-refractivity contribution in [1.82, 2.24) is 5.32 Å². The summed E-state index contributed by atoms with van der Waals surface area (Å²) in [6.07, 6.45) is -1.37. The maximum Gasteiger partial charge on any atom is 0.408 e. The molecular weight excluding hydrogens is 194 g/mol. The van der Waals surface area contributed by atoms with Crippen molar-refractivity contribution < 1.29 is 29.6 Å². The lowest BCUT2D eigenvalue weighted by Gasteiger charge is -2.35. The first-order valence-electron chi connectivity index (χ1n) is 3.89. The molecule has 0 aromatic heterocycles. The maximum atomic E-state index is 10.4. The average molecular weight is 209 g/mol. The van der Waals surface area contributed by atoms with Gasteiger partial charge in [0.2, 0.25) is 0 Å². The van der Waals surface area contributed by atoms with Crippen LogP contribution in [0, 0.1) is 5.92 Å². The molecule has 0 saturated carbocycles. The van der Waals surface area contributed by atoms with Crippen LogP contribution in [-0.4, -0.2) is 54.8 Å². The summed E-state index contributed by atoms with van der Waals surface area (Å²) in [5.74, 6) is -2.62. The van der Waals surface area contributed by atoms with Gasteiger partial charge in [0.1, 0.15) is 0 Å². The summed E-state index contributed by atoms with van der Waals surface area (Å²) >= 11 is 0. The lowest BCUT2D eigenvalue weighted by molar-refractivity contribution is -0.264. The second-order valence-electron chi connectivity index (χ2n) is 2.57. The summed E-state index contributed by atoms with van der Waals surface area (Å²) in [6.45, 7) is -0.948. The van der Waals surface area contributed by atoms with Gasteiger partial charge in [0.05, 0.1) is 19.1 Å². The highest BCUT2D eigenvalue weighted by molar-refractivity contribution is 5.65. The molecule has 0 aliphatic carbocycles. The van der Waals surface area contributed by atoms with Crippen LogP contribution in [0.15, 0.2) is 0 Å². The molecule has 84 valence electrons. The van der Waals surface area contributed by atoms with Crippen molar-refractivity contribution in [3.8, 4) is 0 Å². The molecule has 0 rings (SSSR count). The summed E-state index contributed by atoms with van der Waals surface area (Å²) in [7, 11) is 2.41. The van der Waals surface area contributed by atoms with E-state index in [1.807, 2.05) is 5.32 Å². The van der Waals surface area contributed by atoms with Gasteiger partial charge in [-0.3, -0.25) is 5.32 Å². The molecule has 7 nitrogen and oxygen atoms in total. The molecular formula is C7H15NO6. The zero-order chi connectivity index (χ0) is 11.2. The van der Waals surface area contributed by atoms with Gasteiger partial charge in [-0.05, 0) is 0 Å². The Bertz CT molecular complexity index is 177. The summed E-state index contributed by atoms with van der Waals surface area (Å²) in [6, 6.07) is 0. The number of aliphatic hydroxyl groups is 2. The average Bonchev–Trinajstić information content (AvgIpc) is 2.17. The van der Waals surface area contributed by atoms with Gasteiger partial charge in [-0.25, -0.2) is 4.79 Å². The molecule has 0 aromatic carbocycles. The largest absolute Gasteiger partial charge is 0.465 e.